The van der Waals surface area contributed by atoms with E-state index in [1.165, 1.54) is 25.3 Å². The Balaban J connectivity index is 1.95. The van der Waals surface area contributed by atoms with Gasteiger partial charge in [0.15, 0.2) is 0 Å². The first-order valence-corrected chi connectivity index (χ1v) is 11.8. The fraction of sp³-hybridized carbons (Fsp3) is 0.208. The number of anilines is 1. The molecule has 2 N–H and O–H groups in total. The maximum Gasteiger partial charge on any atom is 0.245 e. The van der Waals surface area contributed by atoms with Crippen LogP contribution in [0.3, 0.4) is 0 Å². The van der Waals surface area contributed by atoms with E-state index in [4.69, 9.17) is 16.3 Å². The van der Waals surface area contributed by atoms with Crippen molar-refractivity contribution in [2.75, 3.05) is 12.4 Å². The highest BCUT2D eigenvalue weighted by Gasteiger charge is 2.29. The lowest BCUT2D eigenvalue weighted by Crippen LogP contribution is -2.45. The molecule has 0 heterocycles. The lowest BCUT2D eigenvalue weighted by molar-refractivity contribution is -0.117. The van der Waals surface area contributed by atoms with Crippen molar-refractivity contribution in [1.29, 1.82) is 0 Å². The number of nitrogens with one attached hydrogen (secondary N) is 2. The molecule has 3 rings (SSSR count). The highest BCUT2D eigenvalue weighted by atomic mass is 35.5. The summed E-state index contributed by atoms with van der Waals surface area (Å²) in [4.78, 5) is 13.1. The summed E-state index contributed by atoms with van der Waals surface area (Å²) >= 11 is 6.02. The number of sulfonamides is 1. The van der Waals surface area contributed by atoms with Gasteiger partial charge < -0.3 is 10.1 Å². The van der Waals surface area contributed by atoms with Crippen LogP contribution < -0.4 is 14.8 Å². The summed E-state index contributed by atoms with van der Waals surface area (Å²) in [5.74, 6) is -0.331. The van der Waals surface area contributed by atoms with Crippen molar-refractivity contribution >= 4 is 33.2 Å². The summed E-state index contributed by atoms with van der Waals surface area (Å²) < 4.78 is 34.2. The summed E-state index contributed by atoms with van der Waals surface area (Å²) in [6, 6.07) is 18.0. The van der Waals surface area contributed by atoms with Crippen LogP contribution in [-0.2, 0) is 21.2 Å². The van der Waals surface area contributed by atoms with E-state index >= 15 is 0 Å². The van der Waals surface area contributed by atoms with Gasteiger partial charge in [0, 0.05) is 10.7 Å². The normalized spacial score (nSPS) is 12.2. The Morgan fingerprint density at radius 2 is 1.75 bits per heavy atom. The van der Waals surface area contributed by atoms with Crippen molar-refractivity contribution in [3.8, 4) is 5.75 Å². The largest absolute Gasteiger partial charge is 0.495 e. The molecule has 0 fully saturated rings. The number of aryl methyl sites for hydroxylation is 1. The average Bonchev–Trinajstić information content (AvgIpc) is 2.77. The van der Waals surface area contributed by atoms with Crippen molar-refractivity contribution in [2.24, 2.45) is 0 Å². The van der Waals surface area contributed by atoms with Crippen LogP contribution >= 0.6 is 11.6 Å². The Morgan fingerprint density at radius 1 is 1.03 bits per heavy atom. The van der Waals surface area contributed by atoms with Gasteiger partial charge in [0.25, 0.3) is 0 Å². The predicted octanol–water partition coefficient (Wildman–Crippen LogP) is 4.49. The van der Waals surface area contributed by atoms with Gasteiger partial charge in [-0.3, -0.25) is 4.79 Å². The lowest BCUT2D eigenvalue weighted by atomic mass is 10.0. The summed E-state index contributed by atoms with van der Waals surface area (Å²) in [6.45, 7) is 3.85. The Hall–Kier alpha value is -2.87. The van der Waals surface area contributed by atoms with E-state index in [-0.39, 0.29) is 22.1 Å². The number of rotatable bonds is 8. The molecule has 0 spiro atoms. The van der Waals surface area contributed by atoms with Crippen molar-refractivity contribution in [3.63, 3.8) is 0 Å². The highest BCUT2D eigenvalue weighted by Crippen LogP contribution is 2.27. The van der Waals surface area contributed by atoms with E-state index in [9.17, 15) is 13.2 Å². The summed E-state index contributed by atoms with van der Waals surface area (Å²) in [5.41, 5.74) is 3.38. The number of amides is 1. The van der Waals surface area contributed by atoms with Crippen LogP contribution in [0.25, 0.3) is 0 Å². The molecule has 0 radical (unpaired) electrons. The third-order valence-corrected chi connectivity index (χ3v) is 6.90. The summed E-state index contributed by atoms with van der Waals surface area (Å²) in [6.07, 6.45) is 0.166. The molecule has 0 aliphatic rings. The molecule has 0 saturated carbocycles. The third kappa shape index (κ3) is 5.68. The molecule has 0 aliphatic heterocycles. The first-order valence-electron chi connectivity index (χ1n) is 9.98. The maximum absolute atomic E-state index is 13.2. The summed E-state index contributed by atoms with van der Waals surface area (Å²) in [5, 5.41) is 3.10. The number of halogens is 1. The van der Waals surface area contributed by atoms with E-state index < -0.39 is 22.0 Å². The topological polar surface area (TPSA) is 84.5 Å². The molecule has 32 heavy (non-hydrogen) atoms. The van der Waals surface area contributed by atoms with E-state index in [2.05, 4.69) is 10.0 Å². The van der Waals surface area contributed by atoms with Crippen LogP contribution in [0.2, 0.25) is 5.02 Å². The summed E-state index contributed by atoms with van der Waals surface area (Å²) in [7, 11) is -2.75. The van der Waals surface area contributed by atoms with Gasteiger partial charge in [0.05, 0.1) is 7.11 Å². The molecule has 1 amide bonds. The van der Waals surface area contributed by atoms with Crippen molar-refractivity contribution < 1.29 is 17.9 Å². The van der Waals surface area contributed by atoms with E-state index in [1.54, 1.807) is 6.07 Å². The molecular weight excluding hydrogens is 448 g/mol. The van der Waals surface area contributed by atoms with Gasteiger partial charge in [0.2, 0.25) is 15.9 Å². The molecule has 0 saturated heterocycles. The number of carbonyl (C=O) groups excluding carboxylic acids is 1. The molecular formula is C24H25ClN2O4S. The second kappa shape index (κ2) is 10.2. The first-order chi connectivity index (χ1) is 15.2. The molecule has 0 bridgehead atoms. The van der Waals surface area contributed by atoms with Gasteiger partial charge in [-0.15, -0.1) is 0 Å². The highest BCUT2D eigenvalue weighted by molar-refractivity contribution is 7.89. The molecule has 0 aliphatic carbocycles. The van der Waals surface area contributed by atoms with Crippen LogP contribution in [0.5, 0.6) is 5.75 Å². The van der Waals surface area contributed by atoms with E-state index in [0.29, 0.717) is 5.69 Å². The Labute approximate surface area is 193 Å². The van der Waals surface area contributed by atoms with Crippen LogP contribution in [0.15, 0.2) is 71.6 Å². The van der Waals surface area contributed by atoms with Crippen LogP contribution in [0, 0.1) is 13.8 Å². The Bertz CT molecular complexity index is 1210. The van der Waals surface area contributed by atoms with E-state index in [1.807, 2.05) is 56.3 Å². The maximum atomic E-state index is 13.2. The molecule has 3 aromatic rings. The molecule has 8 heteroatoms. The molecule has 0 unspecified atom stereocenters. The standard InChI is InChI=1S/C24H25ClN2O4S/c1-16-8-7-11-20(17(16)2)26-24(28)21(14-18-9-5-4-6-10-18)27-32(29,30)23-15-19(25)12-13-22(23)31-3/h4-13,15,21,27H,14H2,1-3H3,(H,26,28)/t21-/m0/s1. The molecule has 3 aromatic carbocycles. The molecule has 1 atom stereocenters. The SMILES string of the molecule is COc1ccc(Cl)cc1S(=O)(=O)N[C@@H](Cc1ccccc1)C(=O)Nc1cccc(C)c1C. The zero-order valence-corrected chi connectivity index (χ0v) is 19.6. The van der Waals surface area contributed by atoms with Gasteiger partial charge in [-0.25, -0.2) is 8.42 Å². The van der Waals surface area contributed by atoms with Gasteiger partial charge >= 0.3 is 0 Å². The molecule has 6 nitrogen and oxygen atoms in total. The second-order valence-corrected chi connectivity index (χ2v) is 9.51. The smallest absolute Gasteiger partial charge is 0.245 e. The minimum Gasteiger partial charge on any atom is -0.495 e. The number of methoxy groups -OCH3 is 1. The van der Waals surface area contributed by atoms with Gasteiger partial charge in [-0.05, 0) is 61.2 Å². The van der Waals surface area contributed by atoms with E-state index in [0.717, 1.165) is 16.7 Å². The lowest BCUT2D eigenvalue weighted by Gasteiger charge is -2.20. The zero-order valence-electron chi connectivity index (χ0n) is 18.1. The van der Waals surface area contributed by atoms with Crippen LogP contribution in [-0.4, -0.2) is 27.5 Å². The fourth-order valence-corrected chi connectivity index (χ4v) is 4.88. The van der Waals surface area contributed by atoms with Crippen molar-refractivity contribution in [2.45, 2.75) is 31.2 Å². The fourth-order valence-electron chi connectivity index (χ4n) is 3.26. The predicted molar refractivity (Wildman–Crippen MR) is 127 cm³/mol. The Kier molecular flexibility index (Phi) is 7.56. The van der Waals surface area contributed by atoms with Crippen LogP contribution in [0.1, 0.15) is 16.7 Å². The number of ether oxygens (including phenoxy) is 1. The van der Waals surface area contributed by atoms with Gasteiger partial charge in [-0.2, -0.15) is 4.72 Å². The number of benzene rings is 3. The number of carbonyl (C=O) groups is 1. The number of hydrogen-bond acceptors (Lipinski definition) is 4. The van der Waals surface area contributed by atoms with Gasteiger partial charge in [-0.1, -0.05) is 54.1 Å². The number of hydrogen-bond donors (Lipinski definition) is 2. The molecule has 0 aromatic heterocycles. The average molecular weight is 473 g/mol. The molecule has 168 valence electrons. The van der Waals surface area contributed by atoms with Gasteiger partial charge in [0.1, 0.15) is 16.7 Å². The third-order valence-electron chi connectivity index (χ3n) is 5.17. The minimum absolute atomic E-state index is 0.134. The Morgan fingerprint density at radius 3 is 2.44 bits per heavy atom. The van der Waals surface area contributed by atoms with Crippen molar-refractivity contribution in [3.05, 3.63) is 88.4 Å². The second-order valence-electron chi connectivity index (χ2n) is 7.40. The monoisotopic (exact) mass is 472 g/mol. The minimum atomic E-state index is -4.12. The quantitative estimate of drug-likeness (QED) is 0.505. The van der Waals surface area contributed by atoms with Crippen LogP contribution in [0.4, 0.5) is 5.69 Å². The first kappa shape index (κ1) is 23.8. The zero-order chi connectivity index (χ0) is 23.3. The van der Waals surface area contributed by atoms with Crippen molar-refractivity contribution in [1.82, 2.24) is 4.72 Å².